The lowest BCUT2D eigenvalue weighted by molar-refractivity contribution is 0.173. The molecule has 2 aliphatic heterocycles. The Morgan fingerprint density at radius 2 is 2.04 bits per heavy atom. The number of nitrogens with zero attached hydrogens (tertiary/aromatic N) is 2. The summed E-state index contributed by atoms with van der Waals surface area (Å²) < 4.78 is 16.5. The van der Waals surface area contributed by atoms with E-state index in [2.05, 4.69) is 15.2 Å². The van der Waals surface area contributed by atoms with E-state index < -0.39 is 0 Å². The molecule has 0 unspecified atom stereocenters. The first-order chi connectivity index (χ1) is 12.3. The predicted molar refractivity (Wildman–Crippen MR) is 112 cm³/mol. The molecule has 0 amide bonds. The molecule has 1 saturated carbocycles. The van der Waals surface area contributed by atoms with Gasteiger partial charge in [-0.15, -0.1) is 24.0 Å². The zero-order valence-corrected chi connectivity index (χ0v) is 17.7. The molecule has 1 aromatic rings. The lowest BCUT2D eigenvalue weighted by Gasteiger charge is -2.25. The zero-order valence-electron chi connectivity index (χ0n) is 15.3. The molecule has 0 bridgehead atoms. The number of nitrogens with one attached hydrogen (secondary N) is 1. The number of likely N-dealkylation sites (tertiary alicyclic amines) is 1. The van der Waals surface area contributed by atoms with Crippen molar-refractivity contribution in [1.82, 2.24) is 10.2 Å². The molecule has 26 heavy (non-hydrogen) atoms. The van der Waals surface area contributed by atoms with E-state index in [4.69, 9.17) is 14.2 Å². The SMILES string of the molecule is CN=C(NCCOc1ccc2c(c1)OCO2)N1CCC2(CCCC2)C1.I. The van der Waals surface area contributed by atoms with Crippen LogP contribution in [-0.4, -0.2) is 50.9 Å². The van der Waals surface area contributed by atoms with Crippen LogP contribution < -0.4 is 19.5 Å². The maximum Gasteiger partial charge on any atom is 0.231 e. The molecule has 0 atom stereocenters. The molecule has 2 heterocycles. The van der Waals surface area contributed by atoms with Gasteiger partial charge < -0.3 is 24.4 Å². The van der Waals surface area contributed by atoms with Crippen LogP contribution in [0.15, 0.2) is 23.2 Å². The quantitative estimate of drug-likeness (QED) is 0.315. The van der Waals surface area contributed by atoms with E-state index in [9.17, 15) is 0 Å². The number of rotatable bonds is 4. The molecule has 7 heteroatoms. The predicted octanol–water partition coefficient (Wildman–Crippen LogP) is 3.25. The van der Waals surface area contributed by atoms with Crippen molar-refractivity contribution in [2.24, 2.45) is 10.4 Å². The molecule has 0 radical (unpaired) electrons. The number of aliphatic imine (C=N–C) groups is 1. The van der Waals surface area contributed by atoms with Gasteiger partial charge in [0, 0.05) is 26.2 Å². The topological polar surface area (TPSA) is 55.3 Å². The van der Waals surface area contributed by atoms with Crippen molar-refractivity contribution in [1.29, 1.82) is 0 Å². The van der Waals surface area contributed by atoms with Crippen LogP contribution in [0.3, 0.4) is 0 Å². The molecule has 1 aliphatic carbocycles. The van der Waals surface area contributed by atoms with E-state index in [0.717, 1.165) is 42.8 Å². The van der Waals surface area contributed by atoms with Gasteiger partial charge in [-0.1, -0.05) is 12.8 Å². The van der Waals surface area contributed by atoms with Crippen molar-refractivity contribution in [3.05, 3.63) is 18.2 Å². The Labute approximate surface area is 172 Å². The smallest absolute Gasteiger partial charge is 0.231 e. The molecule has 144 valence electrons. The fraction of sp³-hybridized carbons (Fsp3) is 0.632. The van der Waals surface area contributed by atoms with Crippen molar-refractivity contribution in [2.75, 3.05) is 40.1 Å². The molecule has 2 fully saturated rings. The van der Waals surface area contributed by atoms with Crippen molar-refractivity contribution in [3.63, 3.8) is 0 Å². The number of halogens is 1. The van der Waals surface area contributed by atoms with Crippen LogP contribution >= 0.6 is 24.0 Å². The van der Waals surface area contributed by atoms with Gasteiger partial charge in [0.05, 0.1) is 6.54 Å². The Balaban J connectivity index is 0.00000196. The Morgan fingerprint density at radius 3 is 2.85 bits per heavy atom. The first kappa shape index (κ1) is 19.4. The second kappa shape index (κ2) is 8.54. The van der Waals surface area contributed by atoms with Crippen LogP contribution in [0.25, 0.3) is 0 Å². The molecule has 1 saturated heterocycles. The summed E-state index contributed by atoms with van der Waals surface area (Å²) in [7, 11) is 1.86. The van der Waals surface area contributed by atoms with Gasteiger partial charge in [0.15, 0.2) is 17.5 Å². The largest absolute Gasteiger partial charge is 0.492 e. The highest BCUT2D eigenvalue weighted by atomic mass is 127. The Bertz CT molecular complexity index is 647. The van der Waals surface area contributed by atoms with Crippen LogP contribution in [0.5, 0.6) is 17.2 Å². The summed E-state index contributed by atoms with van der Waals surface area (Å²) in [6.07, 6.45) is 6.86. The van der Waals surface area contributed by atoms with Crippen molar-refractivity contribution >= 4 is 29.9 Å². The van der Waals surface area contributed by atoms with Gasteiger partial charge in [0.1, 0.15) is 12.4 Å². The third-order valence-corrected chi connectivity index (χ3v) is 5.61. The van der Waals surface area contributed by atoms with Crippen LogP contribution in [0.2, 0.25) is 0 Å². The zero-order chi connectivity index (χ0) is 17.1. The molecular weight excluding hydrogens is 445 g/mol. The first-order valence-electron chi connectivity index (χ1n) is 9.26. The average molecular weight is 473 g/mol. The average Bonchev–Trinajstić information content (AvgIpc) is 3.37. The van der Waals surface area contributed by atoms with E-state index in [0.29, 0.717) is 12.0 Å². The van der Waals surface area contributed by atoms with Gasteiger partial charge in [-0.3, -0.25) is 4.99 Å². The lowest BCUT2D eigenvalue weighted by atomic mass is 9.86. The Morgan fingerprint density at radius 1 is 1.23 bits per heavy atom. The van der Waals surface area contributed by atoms with Gasteiger partial charge in [-0.25, -0.2) is 0 Å². The minimum absolute atomic E-state index is 0. The van der Waals surface area contributed by atoms with Gasteiger partial charge in [0.2, 0.25) is 6.79 Å². The highest BCUT2D eigenvalue weighted by molar-refractivity contribution is 14.0. The molecule has 4 rings (SSSR count). The minimum atomic E-state index is 0. The normalized spacial score (nSPS) is 20.3. The molecular formula is C19H28IN3O3. The van der Waals surface area contributed by atoms with E-state index >= 15 is 0 Å². The standard InChI is InChI=1S/C19H27N3O3.HI/c1-20-18(22-10-8-19(13-22)6-2-3-7-19)21-9-11-23-15-4-5-16-17(12-15)25-14-24-16;/h4-5,12H,2-3,6-11,13-14H2,1H3,(H,20,21);1H. The van der Waals surface area contributed by atoms with Crippen molar-refractivity contribution < 1.29 is 14.2 Å². The number of ether oxygens (including phenoxy) is 3. The van der Waals surface area contributed by atoms with E-state index in [1.807, 2.05) is 25.2 Å². The number of hydrogen-bond donors (Lipinski definition) is 1. The molecule has 1 N–H and O–H groups in total. The third kappa shape index (κ3) is 4.13. The summed E-state index contributed by atoms with van der Waals surface area (Å²) in [4.78, 5) is 6.86. The van der Waals surface area contributed by atoms with Crippen LogP contribution in [0, 0.1) is 5.41 Å². The number of hydrogen-bond acceptors (Lipinski definition) is 4. The van der Waals surface area contributed by atoms with Gasteiger partial charge in [-0.05, 0) is 36.8 Å². The molecule has 1 spiro atoms. The van der Waals surface area contributed by atoms with Crippen LogP contribution in [-0.2, 0) is 0 Å². The summed E-state index contributed by atoms with van der Waals surface area (Å²) in [5.74, 6) is 3.33. The Kier molecular flexibility index (Phi) is 6.37. The number of benzene rings is 1. The molecule has 3 aliphatic rings. The van der Waals surface area contributed by atoms with Gasteiger partial charge in [0.25, 0.3) is 0 Å². The Hall–Kier alpha value is -1.38. The summed E-state index contributed by atoms with van der Waals surface area (Å²) in [5.41, 5.74) is 0.556. The van der Waals surface area contributed by atoms with E-state index in [1.165, 1.54) is 32.1 Å². The second-order valence-electron chi connectivity index (χ2n) is 7.22. The van der Waals surface area contributed by atoms with Crippen molar-refractivity contribution in [2.45, 2.75) is 32.1 Å². The fourth-order valence-electron chi connectivity index (χ4n) is 4.28. The van der Waals surface area contributed by atoms with E-state index in [1.54, 1.807) is 0 Å². The minimum Gasteiger partial charge on any atom is -0.492 e. The summed E-state index contributed by atoms with van der Waals surface area (Å²) in [6.45, 7) is 3.86. The van der Waals surface area contributed by atoms with Gasteiger partial charge >= 0.3 is 0 Å². The maximum absolute atomic E-state index is 5.81. The second-order valence-corrected chi connectivity index (χ2v) is 7.22. The van der Waals surface area contributed by atoms with Crippen LogP contribution in [0.4, 0.5) is 0 Å². The van der Waals surface area contributed by atoms with E-state index in [-0.39, 0.29) is 30.8 Å². The monoisotopic (exact) mass is 473 g/mol. The lowest BCUT2D eigenvalue weighted by Crippen LogP contribution is -2.42. The van der Waals surface area contributed by atoms with Gasteiger partial charge in [-0.2, -0.15) is 0 Å². The summed E-state index contributed by atoms with van der Waals surface area (Å²) in [5, 5.41) is 3.44. The molecule has 0 aromatic heterocycles. The molecule has 6 nitrogen and oxygen atoms in total. The van der Waals surface area contributed by atoms with Crippen molar-refractivity contribution in [3.8, 4) is 17.2 Å². The highest BCUT2D eigenvalue weighted by Gasteiger charge is 2.40. The van der Waals surface area contributed by atoms with Crippen LogP contribution in [0.1, 0.15) is 32.1 Å². The first-order valence-corrected chi connectivity index (χ1v) is 9.26. The molecule has 1 aromatic carbocycles. The summed E-state index contributed by atoms with van der Waals surface area (Å²) in [6, 6.07) is 5.67. The summed E-state index contributed by atoms with van der Waals surface area (Å²) >= 11 is 0. The maximum atomic E-state index is 5.81. The highest BCUT2D eigenvalue weighted by Crippen LogP contribution is 2.45. The third-order valence-electron chi connectivity index (χ3n) is 5.61. The number of guanidine groups is 1. The fourth-order valence-corrected chi connectivity index (χ4v) is 4.28. The number of fused-ring (bicyclic) bond motifs is 1.